The second kappa shape index (κ2) is 5.63. The van der Waals surface area contributed by atoms with Crippen LogP contribution in [0.1, 0.15) is 15.9 Å². The van der Waals surface area contributed by atoms with Gasteiger partial charge < -0.3 is 0 Å². The summed E-state index contributed by atoms with van der Waals surface area (Å²) >= 11 is 9.24. The molecule has 2 aromatic carbocycles. The molecule has 4 heteroatoms. The number of hydrogen-bond donors (Lipinski definition) is 0. The van der Waals surface area contributed by atoms with Gasteiger partial charge in [0.25, 0.3) is 0 Å². The number of benzene rings is 2. The summed E-state index contributed by atoms with van der Waals surface area (Å²) in [5.74, 6) is -0.580. The van der Waals surface area contributed by atoms with Crippen molar-refractivity contribution < 1.29 is 9.18 Å². The summed E-state index contributed by atoms with van der Waals surface area (Å²) in [5.41, 5.74) is 0.771. The van der Waals surface area contributed by atoms with Crippen molar-refractivity contribution in [2.75, 3.05) is 0 Å². The summed E-state index contributed by atoms with van der Waals surface area (Å²) < 4.78 is 14.2. The first kappa shape index (κ1) is 13.2. The highest BCUT2D eigenvalue weighted by atomic mass is 79.9. The molecule has 0 radical (unpaired) electrons. The van der Waals surface area contributed by atoms with E-state index in [-0.39, 0.29) is 18.0 Å². The van der Waals surface area contributed by atoms with Gasteiger partial charge in [-0.3, -0.25) is 4.79 Å². The average Bonchev–Trinajstić information content (AvgIpc) is 2.35. The number of rotatable bonds is 3. The Morgan fingerprint density at radius 1 is 1.22 bits per heavy atom. The van der Waals surface area contributed by atoms with E-state index in [0.717, 1.165) is 4.47 Å². The SMILES string of the molecule is O=C(Cc1ccccc1F)c1cc(Br)ccc1Cl. The van der Waals surface area contributed by atoms with Gasteiger partial charge >= 0.3 is 0 Å². The standard InChI is InChI=1S/C14H9BrClFO/c15-10-5-6-12(16)11(8-10)14(18)7-9-3-1-2-4-13(9)17/h1-6,8H,7H2. The Morgan fingerprint density at radius 2 is 1.94 bits per heavy atom. The maximum atomic E-state index is 13.5. The summed E-state index contributed by atoms with van der Waals surface area (Å²) in [7, 11) is 0. The van der Waals surface area contributed by atoms with Crippen LogP contribution < -0.4 is 0 Å². The van der Waals surface area contributed by atoms with E-state index in [1.54, 1.807) is 36.4 Å². The fraction of sp³-hybridized carbons (Fsp3) is 0.0714. The molecule has 0 aliphatic carbocycles. The van der Waals surface area contributed by atoms with Crippen molar-refractivity contribution in [1.82, 2.24) is 0 Å². The molecule has 0 amide bonds. The van der Waals surface area contributed by atoms with Crippen LogP contribution in [-0.2, 0) is 6.42 Å². The zero-order chi connectivity index (χ0) is 13.1. The zero-order valence-corrected chi connectivity index (χ0v) is 11.6. The Morgan fingerprint density at radius 3 is 2.67 bits per heavy atom. The molecule has 0 spiro atoms. The van der Waals surface area contributed by atoms with E-state index in [1.807, 2.05) is 0 Å². The molecular formula is C14H9BrClFO. The van der Waals surface area contributed by atoms with Crippen LogP contribution in [0, 0.1) is 5.82 Å². The number of ketones is 1. The maximum absolute atomic E-state index is 13.5. The Labute approximate surface area is 118 Å². The molecule has 0 atom stereocenters. The molecule has 0 aliphatic rings. The molecule has 0 heterocycles. The highest BCUT2D eigenvalue weighted by Gasteiger charge is 2.13. The molecular weight excluding hydrogens is 319 g/mol. The van der Waals surface area contributed by atoms with Gasteiger partial charge in [-0.25, -0.2) is 4.39 Å². The molecule has 0 aliphatic heterocycles. The summed E-state index contributed by atoms with van der Waals surface area (Å²) in [6.07, 6.45) is 0.00282. The van der Waals surface area contributed by atoms with Gasteiger partial charge in [-0.15, -0.1) is 0 Å². The number of halogens is 3. The minimum absolute atomic E-state index is 0.00282. The Hall–Kier alpha value is -1.19. The molecule has 0 bridgehead atoms. The third-order valence-electron chi connectivity index (χ3n) is 2.54. The van der Waals surface area contributed by atoms with Gasteiger partial charge in [-0.1, -0.05) is 45.7 Å². The summed E-state index contributed by atoms with van der Waals surface area (Å²) in [4.78, 5) is 12.1. The zero-order valence-electron chi connectivity index (χ0n) is 9.29. The van der Waals surface area contributed by atoms with Crippen LogP contribution >= 0.6 is 27.5 Å². The quantitative estimate of drug-likeness (QED) is 0.749. The first-order valence-corrected chi connectivity index (χ1v) is 6.46. The minimum atomic E-state index is -0.378. The molecule has 0 fully saturated rings. The third kappa shape index (κ3) is 2.98. The maximum Gasteiger partial charge on any atom is 0.168 e. The van der Waals surface area contributed by atoms with Crippen molar-refractivity contribution in [2.24, 2.45) is 0 Å². The summed E-state index contributed by atoms with van der Waals surface area (Å²) in [6.45, 7) is 0. The predicted octanol–water partition coefficient (Wildman–Crippen LogP) is 4.67. The van der Waals surface area contributed by atoms with E-state index in [1.165, 1.54) is 6.07 Å². The van der Waals surface area contributed by atoms with Crippen LogP contribution in [-0.4, -0.2) is 5.78 Å². The van der Waals surface area contributed by atoms with Crippen LogP contribution in [0.4, 0.5) is 4.39 Å². The lowest BCUT2D eigenvalue weighted by Gasteiger charge is -2.05. The monoisotopic (exact) mass is 326 g/mol. The first-order valence-electron chi connectivity index (χ1n) is 5.29. The van der Waals surface area contributed by atoms with Crippen molar-refractivity contribution in [2.45, 2.75) is 6.42 Å². The highest BCUT2D eigenvalue weighted by molar-refractivity contribution is 9.10. The fourth-order valence-electron chi connectivity index (χ4n) is 1.62. The van der Waals surface area contributed by atoms with Crippen LogP contribution in [0.15, 0.2) is 46.9 Å². The van der Waals surface area contributed by atoms with Gasteiger partial charge in [0.1, 0.15) is 5.82 Å². The van der Waals surface area contributed by atoms with Crippen molar-refractivity contribution >= 4 is 33.3 Å². The van der Waals surface area contributed by atoms with Crippen molar-refractivity contribution in [3.05, 3.63) is 68.9 Å². The number of carbonyl (C=O) groups is 1. The van der Waals surface area contributed by atoms with Crippen LogP contribution in [0.5, 0.6) is 0 Å². The third-order valence-corrected chi connectivity index (χ3v) is 3.36. The number of hydrogen-bond acceptors (Lipinski definition) is 1. The first-order chi connectivity index (χ1) is 8.58. The van der Waals surface area contributed by atoms with E-state index in [9.17, 15) is 9.18 Å². The average molecular weight is 328 g/mol. The molecule has 0 saturated heterocycles. The molecule has 2 rings (SSSR count). The topological polar surface area (TPSA) is 17.1 Å². The van der Waals surface area contributed by atoms with E-state index in [0.29, 0.717) is 16.1 Å². The molecule has 0 unspecified atom stereocenters. The lowest BCUT2D eigenvalue weighted by molar-refractivity contribution is 0.0992. The van der Waals surface area contributed by atoms with Crippen LogP contribution in [0.3, 0.4) is 0 Å². The summed E-state index contributed by atoms with van der Waals surface area (Å²) in [5, 5.41) is 0.375. The molecule has 0 aromatic heterocycles. The largest absolute Gasteiger partial charge is 0.294 e. The van der Waals surface area contributed by atoms with Crippen LogP contribution in [0.25, 0.3) is 0 Å². The Bertz CT molecular complexity index is 598. The Balaban J connectivity index is 2.28. The lowest BCUT2D eigenvalue weighted by Crippen LogP contribution is -2.06. The lowest BCUT2D eigenvalue weighted by atomic mass is 10.0. The van der Waals surface area contributed by atoms with Crippen molar-refractivity contribution in [3.8, 4) is 0 Å². The van der Waals surface area contributed by atoms with Gasteiger partial charge in [-0.2, -0.15) is 0 Å². The highest BCUT2D eigenvalue weighted by Crippen LogP contribution is 2.23. The van der Waals surface area contributed by atoms with Gasteiger partial charge in [0, 0.05) is 16.5 Å². The molecule has 0 N–H and O–H groups in total. The molecule has 1 nitrogen and oxygen atoms in total. The van der Waals surface area contributed by atoms with Gasteiger partial charge in [0.15, 0.2) is 5.78 Å². The van der Waals surface area contributed by atoms with Crippen molar-refractivity contribution in [3.63, 3.8) is 0 Å². The minimum Gasteiger partial charge on any atom is -0.294 e. The van der Waals surface area contributed by atoms with E-state index < -0.39 is 0 Å². The van der Waals surface area contributed by atoms with Crippen LogP contribution in [0.2, 0.25) is 5.02 Å². The number of Topliss-reactive ketones (excluding diaryl/α,β-unsaturated/α-hetero) is 1. The second-order valence-corrected chi connectivity index (χ2v) is 5.14. The second-order valence-electron chi connectivity index (χ2n) is 3.82. The molecule has 18 heavy (non-hydrogen) atoms. The fourth-order valence-corrected chi connectivity index (χ4v) is 2.21. The van der Waals surface area contributed by atoms with Crippen molar-refractivity contribution in [1.29, 1.82) is 0 Å². The number of carbonyl (C=O) groups excluding carboxylic acids is 1. The van der Waals surface area contributed by atoms with E-state index in [4.69, 9.17) is 11.6 Å². The van der Waals surface area contributed by atoms with Gasteiger partial charge in [0.2, 0.25) is 0 Å². The smallest absolute Gasteiger partial charge is 0.168 e. The Kier molecular flexibility index (Phi) is 4.15. The van der Waals surface area contributed by atoms with E-state index >= 15 is 0 Å². The normalized spacial score (nSPS) is 10.4. The predicted molar refractivity (Wildman–Crippen MR) is 73.6 cm³/mol. The van der Waals surface area contributed by atoms with Gasteiger partial charge in [-0.05, 0) is 29.8 Å². The van der Waals surface area contributed by atoms with Gasteiger partial charge in [0.05, 0.1) is 5.02 Å². The molecule has 2 aromatic rings. The van der Waals surface area contributed by atoms with E-state index in [2.05, 4.69) is 15.9 Å². The molecule has 92 valence electrons. The summed E-state index contributed by atoms with van der Waals surface area (Å²) in [6, 6.07) is 11.3. The molecule has 0 saturated carbocycles.